The third-order valence-electron chi connectivity index (χ3n) is 5.58. The molecule has 166 valence electrons. The van der Waals surface area contributed by atoms with Crippen molar-refractivity contribution in [2.75, 3.05) is 48.8 Å². The Balaban J connectivity index is 1.44. The van der Waals surface area contributed by atoms with E-state index in [2.05, 4.69) is 37.7 Å². The Morgan fingerprint density at radius 3 is 2.47 bits per heavy atom. The molecule has 1 saturated heterocycles. The van der Waals surface area contributed by atoms with Gasteiger partial charge in [0.2, 0.25) is 0 Å². The molecule has 0 unspecified atom stereocenters. The zero-order valence-corrected chi connectivity index (χ0v) is 18.4. The molecule has 1 aromatic heterocycles. The van der Waals surface area contributed by atoms with Crippen molar-refractivity contribution in [3.05, 3.63) is 71.4 Å². The summed E-state index contributed by atoms with van der Waals surface area (Å²) in [7, 11) is 2.14. The lowest BCUT2D eigenvalue weighted by Gasteiger charge is -2.23. The highest BCUT2D eigenvalue weighted by molar-refractivity contribution is 6.12. The molecule has 2 heterocycles. The molecule has 8 nitrogen and oxygen atoms in total. The fourth-order valence-corrected chi connectivity index (χ4v) is 3.78. The first-order valence-electron chi connectivity index (χ1n) is 10.8. The number of carbonyl (C=O) groups excluding carboxylic acids is 2. The van der Waals surface area contributed by atoms with Crippen molar-refractivity contribution in [2.24, 2.45) is 0 Å². The van der Waals surface area contributed by atoms with Crippen LogP contribution in [0, 0.1) is 6.92 Å². The molecule has 1 aliphatic heterocycles. The van der Waals surface area contributed by atoms with E-state index in [-0.39, 0.29) is 11.8 Å². The van der Waals surface area contributed by atoms with E-state index in [9.17, 15) is 9.59 Å². The molecule has 0 radical (unpaired) electrons. The average Bonchev–Trinajstić information content (AvgIpc) is 3.07. The van der Waals surface area contributed by atoms with Crippen molar-refractivity contribution in [2.45, 2.75) is 13.3 Å². The number of para-hydroxylation sites is 1. The highest BCUT2D eigenvalue weighted by atomic mass is 16.2. The Morgan fingerprint density at radius 1 is 0.938 bits per heavy atom. The summed E-state index contributed by atoms with van der Waals surface area (Å²) in [5.41, 5.74) is 3.32. The molecule has 32 heavy (non-hydrogen) atoms. The molecule has 2 amide bonds. The van der Waals surface area contributed by atoms with E-state index in [1.807, 2.05) is 31.2 Å². The van der Waals surface area contributed by atoms with E-state index in [1.165, 1.54) is 0 Å². The predicted molar refractivity (Wildman–Crippen MR) is 126 cm³/mol. The Labute approximate surface area is 187 Å². The molecule has 0 bridgehead atoms. The van der Waals surface area contributed by atoms with Gasteiger partial charge in [0.1, 0.15) is 0 Å². The number of hydrogen-bond acceptors (Lipinski definition) is 5. The van der Waals surface area contributed by atoms with Gasteiger partial charge in [0.15, 0.2) is 5.82 Å². The quantitative estimate of drug-likeness (QED) is 0.575. The molecule has 3 N–H and O–H groups in total. The van der Waals surface area contributed by atoms with Crippen molar-refractivity contribution in [3.8, 4) is 0 Å². The van der Waals surface area contributed by atoms with Crippen LogP contribution in [0.2, 0.25) is 0 Å². The maximum Gasteiger partial charge on any atom is 0.258 e. The second kappa shape index (κ2) is 9.65. The topological polar surface area (TPSA) is 93.4 Å². The maximum absolute atomic E-state index is 12.9. The molecule has 0 aliphatic carbocycles. The summed E-state index contributed by atoms with van der Waals surface area (Å²) in [5, 5.41) is 12.4. The van der Waals surface area contributed by atoms with E-state index in [1.54, 1.807) is 30.3 Å². The number of rotatable bonds is 5. The molecule has 0 spiro atoms. The van der Waals surface area contributed by atoms with Crippen LogP contribution in [0.15, 0.2) is 54.6 Å². The molecule has 0 saturated carbocycles. The van der Waals surface area contributed by atoms with Crippen LogP contribution in [0.1, 0.15) is 32.8 Å². The van der Waals surface area contributed by atoms with Crippen LogP contribution < -0.4 is 15.5 Å². The lowest BCUT2D eigenvalue weighted by molar-refractivity contribution is 0.102. The van der Waals surface area contributed by atoms with Crippen LogP contribution in [0.25, 0.3) is 0 Å². The van der Waals surface area contributed by atoms with Gasteiger partial charge in [-0.05, 0) is 63.3 Å². The average molecular weight is 433 g/mol. The summed E-state index contributed by atoms with van der Waals surface area (Å²) in [6, 6.07) is 16.3. The second-order valence-corrected chi connectivity index (χ2v) is 8.08. The van der Waals surface area contributed by atoms with E-state index < -0.39 is 0 Å². The molecule has 3 aromatic rings. The highest BCUT2D eigenvalue weighted by Crippen LogP contribution is 2.20. The number of H-pyrrole nitrogens is 1. The largest absolute Gasteiger partial charge is 0.370 e. The number of likely N-dealkylation sites (N-methyl/N-ethyl adjacent to an activating group) is 1. The fraction of sp³-hybridized carbons (Fsp3) is 0.292. The lowest BCUT2D eigenvalue weighted by atomic mass is 10.1. The predicted octanol–water partition coefficient (Wildman–Crippen LogP) is 3.36. The Bertz CT molecular complexity index is 1090. The number of anilines is 3. The van der Waals surface area contributed by atoms with Gasteiger partial charge in [-0.15, -0.1) is 0 Å². The zero-order valence-electron chi connectivity index (χ0n) is 18.4. The molecule has 2 aromatic carbocycles. The standard InChI is InChI=1S/C24H28N6O2/c1-17-16-22(28-27-17)26-24(32)20-6-3-4-7-21(20)25-23(31)18-8-10-19(11-9-18)30-13-5-12-29(2)14-15-30/h3-4,6-11,16H,5,12-15H2,1-2H3,(H,25,31)(H2,26,27,28,32). The molecular weight excluding hydrogens is 404 g/mol. The van der Waals surface area contributed by atoms with Gasteiger partial charge >= 0.3 is 0 Å². The van der Waals surface area contributed by atoms with Gasteiger partial charge in [-0.3, -0.25) is 14.7 Å². The molecular formula is C24H28N6O2. The van der Waals surface area contributed by atoms with Crippen LogP contribution in [0.3, 0.4) is 0 Å². The molecule has 4 rings (SSSR count). The van der Waals surface area contributed by atoms with Gasteiger partial charge in [-0.2, -0.15) is 5.10 Å². The number of aryl methyl sites for hydroxylation is 1. The van der Waals surface area contributed by atoms with E-state index in [0.717, 1.165) is 44.0 Å². The summed E-state index contributed by atoms with van der Waals surface area (Å²) in [5.74, 6) is -0.166. The first kappa shape index (κ1) is 21.6. The minimum Gasteiger partial charge on any atom is -0.370 e. The SMILES string of the molecule is Cc1cc(NC(=O)c2ccccc2NC(=O)c2ccc(N3CCCN(C)CC3)cc2)n[nH]1. The summed E-state index contributed by atoms with van der Waals surface area (Å²) >= 11 is 0. The minimum atomic E-state index is -0.339. The summed E-state index contributed by atoms with van der Waals surface area (Å²) < 4.78 is 0. The normalized spacial score (nSPS) is 14.6. The number of amides is 2. The first-order valence-corrected chi connectivity index (χ1v) is 10.8. The first-order chi connectivity index (χ1) is 15.5. The van der Waals surface area contributed by atoms with E-state index in [4.69, 9.17) is 0 Å². The second-order valence-electron chi connectivity index (χ2n) is 8.08. The Hall–Kier alpha value is -3.65. The van der Waals surface area contributed by atoms with Crippen LogP contribution in [-0.2, 0) is 0 Å². The molecule has 1 fully saturated rings. The third-order valence-corrected chi connectivity index (χ3v) is 5.58. The van der Waals surface area contributed by atoms with Crippen molar-refractivity contribution in [1.29, 1.82) is 0 Å². The smallest absolute Gasteiger partial charge is 0.258 e. The number of hydrogen-bond donors (Lipinski definition) is 3. The third kappa shape index (κ3) is 5.15. The minimum absolute atomic E-state index is 0.261. The van der Waals surface area contributed by atoms with E-state index in [0.29, 0.717) is 22.6 Å². The number of benzene rings is 2. The van der Waals surface area contributed by atoms with Gasteiger partial charge < -0.3 is 20.4 Å². The van der Waals surface area contributed by atoms with Gasteiger partial charge in [-0.1, -0.05) is 12.1 Å². The molecule has 0 atom stereocenters. The molecule has 1 aliphatic rings. The molecule has 8 heteroatoms. The highest BCUT2D eigenvalue weighted by Gasteiger charge is 2.16. The van der Waals surface area contributed by atoms with Crippen molar-refractivity contribution in [3.63, 3.8) is 0 Å². The number of nitrogens with zero attached hydrogens (tertiary/aromatic N) is 3. The Kier molecular flexibility index (Phi) is 6.51. The number of aromatic nitrogens is 2. The number of carbonyl (C=O) groups is 2. The maximum atomic E-state index is 12.9. The monoisotopic (exact) mass is 432 g/mol. The Morgan fingerprint density at radius 2 is 1.72 bits per heavy atom. The summed E-state index contributed by atoms with van der Waals surface area (Å²) in [4.78, 5) is 30.2. The van der Waals surface area contributed by atoms with Crippen molar-refractivity contribution in [1.82, 2.24) is 15.1 Å². The van der Waals surface area contributed by atoms with Crippen LogP contribution in [-0.4, -0.2) is 60.1 Å². The van der Waals surface area contributed by atoms with Crippen LogP contribution in [0.4, 0.5) is 17.2 Å². The van der Waals surface area contributed by atoms with Gasteiger partial charge in [0.25, 0.3) is 11.8 Å². The van der Waals surface area contributed by atoms with Crippen LogP contribution in [0.5, 0.6) is 0 Å². The number of nitrogens with one attached hydrogen (secondary N) is 3. The van der Waals surface area contributed by atoms with Gasteiger partial charge in [-0.25, -0.2) is 0 Å². The lowest BCUT2D eigenvalue weighted by Crippen LogP contribution is -2.28. The van der Waals surface area contributed by atoms with Crippen molar-refractivity contribution < 1.29 is 9.59 Å². The summed E-state index contributed by atoms with van der Waals surface area (Å²) in [6.07, 6.45) is 1.12. The summed E-state index contributed by atoms with van der Waals surface area (Å²) in [6.45, 7) is 5.96. The zero-order chi connectivity index (χ0) is 22.5. The van der Waals surface area contributed by atoms with Crippen LogP contribution >= 0.6 is 0 Å². The number of aromatic amines is 1. The van der Waals surface area contributed by atoms with E-state index >= 15 is 0 Å². The van der Waals surface area contributed by atoms with Gasteiger partial charge in [0, 0.05) is 42.6 Å². The van der Waals surface area contributed by atoms with Crippen molar-refractivity contribution >= 4 is 29.0 Å². The van der Waals surface area contributed by atoms with Gasteiger partial charge in [0.05, 0.1) is 11.3 Å². The fourth-order valence-electron chi connectivity index (χ4n) is 3.78.